The Hall–Kier alpha value is -1.45. The molecule has 0 atom stereocenters. The quantitative estimate of drug-likeness (QED) is 0.774. The summed E-state index contributed by atoms with van der Waals surface area (Å²) < 4.78 is 5.81. The highest BCUT2D eigenvalue weighted by molar-refractivity contribution is 5.53. The fraction of sp³-hybridized carbons (Fsp3) is 0.583. The van der Waals surface area contributed by atoms with Gasteiger partial charge in [0.2, 0.25) is 0 Å². The number of hydrogen-bond acceptors (Lipinski definition) is 4. The zero-order chi connectivity index (χ0) is 11.7. The zero-order valence-corrected chi connectivity index (χ0v) is 10.4. The topological polar surface area (TPSA) is 28.6 Å². The molecule has 16 heavy (non-hydrogen) atoms. The normalized spacial score (nSPS) is 14.8. The van der Waals surface area contributed by atoms with Gasteiger partial charge >= 0.3 is 0 Å². The van der Waals surface area contributed by atoms with Gasteiger partial charge < -0.3 is 14.5 Å². The average Bonchev–Trinajstić information content (AvgIpc) is 3.01. The van der Waals surface area contributed by atoms with E-state index in [0.29, 0.717) is 6.10 Å². The summed E-state index contributed by atoms with van der Waals surface area (Å²) in [5.74, 6) is 2.79. The second kappa shape index (κ2) is 4.20. The van der Waals surface area contributed by atoms with Crippen LogP contribution in [0.25, 0.3) is 0 Å². The maximum atomic E-state index is 5.81. The van der Waals surface area contributed by atoms with Crippen LogP contribution in [0, 0.1) is 0 Å². The Labute approximate surface area is 96.8 Å². The highest BCUT2D eigenvalue weighted by Gasteiger charge is 2.24. The van der Waals surface area contributed by atoms with E-state index < -0.39 is 0 Å². The van der Waals surface area contributed by atoms with E-state index in [2.05, 4.69) is 4.98 Å². The van der Waals surface area contributed by atoms with Crippen LogP contribution >= 0.6 is 0 Å². The predicted octanol–water partition coefficient (Wildman–Crippen LogP) is 1.75. The molecule has 1 saturated carbocycles. The molecule has 0 bridgehead atoms. The number of aromatic nitrogens is 1. The lowest BCUT2D eigenvalue weighted by Gasteiger charge is -2.18. The number of nitrogens with zero attached hydrogens (tertiary/aromatic N) is 3. The molecule has 0 aliphatic heterocycles. The third-order valence-corrected chi connectivity index (χ3v) is 2.52. The van der Waals surface area contributed by atoms with Gasteiger partial charge in [-0.15, -0.1) is 0 Å². The maximum absolute atomic E-state index is 5.81. The summed E-state index contributed by atoms with van der Waals surface area (Å²) in [5, 5.41) is 0. The lowest BCUT2D eigenvalue weighted by Crippen LogP contribution is -2.16. The van der Waals surface area contributed by atoms with Crippen molar-refractivity contribution in [1.82, 2.24) is 4.98 Å². The fourth-order valence-electron chi connectivity index (χ4n) is 1.38. The minimum Gasteiger partial charge on any atom is -0.490 e. The molecule has 88 valence electrons. The Kier molecular flexibility index (Phi) is 2.90. The molecule has 1 aromatic rings. The molecular formula is C12H19N3O. The van der Waals surface area contributed by atoms with Crippen LogP contribution in [0.4, 0.5) is 11.6 Å². The van der Waals surface area contributed by atoms with Crippen LogP contribution in [0.2, 0.25) is 0 Å². The molecule has 0 spiro atoms. The molecule has 4 nitrogen and oxygen atoms in total. The number of hydrogen-bond donors (Lipinski definition) is 0. The molecule has 1 aliphatic carbocycles. The lowest BCUT2D eigenvalue weighted by atomic mass is 10.3. The van der Waals surface area contributed by atoms with Gasteiger partial charge in [-0.05, 0) is 12.8 Å². The first kappa shape index (κ1) is 11.0. The Balaban J connectivity index is 2.27. The Bertz CT molecular complexity index is 346. The van der Waals surface area contributed by atoms with E-state index in [-0.39, 0.29) is 0 Å². The molecule has 2 rings (SSSR count). The number of pyridine rings is 1. The average molecular weight is 221 g/mol. The summed E-state index contributed by atoms with van der Waals surface area (Å²) in [7, 11) is 7.96. The second-order valence-electron chi connectivity index (χ2n) is 4.63. The van der Waals surface area contributed by atoms with Crippen LogP contribution in [0.15, 0.2) is 12.1 Å². The van der Waals surface area contributed by atoms with Crippen molar-refractivity contribution in [2.24, 2.45) is 0 Å². The third kappa shape index (κ3) is 2.56. The standard InChI is InChI=1S/C12H19N3O/c1-14(2)11-7-10(16-9-5-6-9)8-12(13-11)15(3)4/h7-9H,5-6H2,1-4H3. The summed E-state index contributed by atoms with van der Waals surface area (Å²) in [6.07, 6.45) is 2.78. The van der Waals surface area contributed by atoms with E-state index >= 15 is 0 Å². The Morgan fingerprint density at radius 3 is 1.94 bits per heavy atom. The molecule has 1 heterocycles. The van der Waals surface area contributed by atoms with Crippen molar-refractivity contribution >= 4 is 11.6 Å². The highest BCUT2D eigenvalue weighted by Crippen LogP contribution is 2.30. The van der Waals surface area contributed by atoms with Crippen molar-refractivity contribution in [2.45, 2.75) is 18.9 Å². The second-order valence-corrected chi connectivity index (χ2v) is 4.63. The van der Waals surface area contributed by atoms with Crippen LogP contribution in [-0.4, -0.2) is 39.3 Å². The van der Waals surface area contributed by atoms with Gasteiger partial charge in [0.05, 0.1) is 6.10 Å². The van der Waals surface area contributed by atoms with E-state index in [4.69, 9.17) is 4.74 Å². The molecule has 0 amide bonds. The van der Waals surface area contributed by atoms with E-state index in [1.165, 1.54) is 12.8 Å². The molecular weight excluding hydrogens is 202 g/mol. The highest BCUT2D eigenvalue weighted by atomic mass is 16.5. The predicted molar refractivity (Wildman–Crippen MR) is 66.5 cm³/mol. The van der Waals surface area contributed by atoms with Crippen molar-refractivity contribution in [3.8, 4) is 5.75 Å². The molecule has 4 heteroatoms. The molecule has 1 fully saturated rings. The minimum absolute atomic E-state index is 0.424. The molecule has 1 aliphatic rings. The lowest BCUT2D eigenvalue weighted by molar-refractivity contribution is 0.303. The van der Waals surface area contributed by atoms with Crippen molar-refractivity contribution in [3.63, 3.8) is 0 Å². The fourth-order valence-corrected chi connectivity index (χ4v) is 1.38. The summed E-state index contributed by atoms with van der Waals surface area (Å²) in [4.78, 5) is 8.52. The smallest absolute Gasteiger partial charge is 0.134 e. The van der Waals surface area contributed by atoms with Gasteiger partial charge in [0.25, 0.3) is 0 Å². The summed E-state index contributed by atoms with van der Waals surface area (Å²) in [6, 6.07) is 3.98. The molecule has 0 N–H and O–H groups in total. The molecule has 0 unspecified atom stereocenters. The van der Waals surface area contributed by atoms with Crippen molar-refractivity contribution in [2.75, 3.05) is 38.0 Å². The van der Waals surface area contributed by atoms with Gasteiger partial charge in [-0.2, -0.15) is 0 Å². The van der Waals surface area contributed by atoms with Gasteiger partial charge in [-0.25, -0.2) is 4.98 Å². The molecule has 1 aromatic heterocycles. The van der Waals surface area contributed by atoms with Gasteiger partial charge in [-0.1, -0.05) is 0 Å². The SMILES string of the molecule is CN(C)c1cc(OC2CC2)cc(N(C)C)n1. The number of ether oxygens (including phenoxy) is 1. The Morgan fingerprint density at radius 2 is 1.56 bits per heavy atom. The summed E-state index contributed by atoms with van der Waals surface area (Å²) in [6.45, 7) is 0. The monoisotopic (exact) mass is 221 g/mol. The van der Waals surface area contributed by atoms with Crippen molar-refractivity contribution in [3.05, 3.63) is 12.1 Å². The van der Waals surface area contributed by atoms with Crippen LogP contribution in [-0.2, 0) is 0 Å². The maximum Gasteiger partial charge on any atom is 0.134 e. The minimum atomic E-state index is 0.424. The van der Waals surface area contributed by atoms with Crippen LogP contribution in [0.1, 0.15) is 12.8 Å². The van der Waals surface area contributed by atoms with Gasteiger partial charge in [0.1, 0.15) is 17.4 Å². The molecule has 0 radical (unpaired) electrons. The van der Waals surface area contributed by atoms with Gasteiger partial charge in [-0.3, -0.25) is 0 Å². The van der Waals surface area contributed by atoms with E-state index in [1.54, 1.807) is 0 Å². The van der Waals surface area contributed by atoms with Crippen LogP contribution < -0.4 is 14.5 Å². The van der Waals surface area contributed by atoms with Crippen LogP contribution in [0.3, 0.4) is 0 Å². The first-order chi connectivity index (χ1) is 7.56. The summed E-state index contributed by atoms with van der Waals surface area (Å²) in [5.41, 5.74) is 0. The van der Waals surface area contributed by atoms with E-state index in [0.717, 1.165) is 17.4 Å². The first-order valence-corrected chi connectivity index (χ1v) is 5.59. The number of rotatable bonds is 4. The zero-order valence-electron chi connectivity index (χ0n) is 10.4. The van der Waals surface area contributed by atoms with Gasteiger partial charge in [0.15, 0.2) is 0 Å². The third-order valence-electron chi connectivity index (χ3n) is 2.52. The molecule has 0 saturated heterocycles. The van der Waals surface area contributed by atoms with Gasteiger partial charge in [0, 0.05) is 40.3 Å². The number of anilines is 2. The van der Waals surface area contributed by atoms with Crippen molar-refractivity contribution < 1.29 is 4.74 Å². The summed E-state index contributed by atoms with van der Waals surface area (Å²) >= 11 is 0. The largest absolute Gasteiger partial charge is 0.490 e. The van der Waals surface area contributed by atoms with Crippen LogP contribution in [0.5, 0.6) is 5.75 Å². The van der Waals surface area contributed by atoms with E-state index in [1.807, 2.05) is 50.1 Å². The Morgan fingerprint density at radius 1 is 1.06 bits per heavy atom. The van der Waals surface area contributed by atoms with Crippen molar-refractivity contribution in [1.29, 1.82) is 0 Å². The molecule has 0 aromatic carbocycles. The van der Waals surface area contributed by atoms with E-state index in [9.17, 15) is 0 Å². The first-order valence-electron chi connectivity index (χ1n) is 5.59.